The molecule has 0 aliphatic carbocycles. The van der Waals surface area contributed by atoms with E-state index in [9.17, 15) is 14.9 Å². The minimum atomic E-state index is -0.450. The van der Waals surface area contributed by atoms with E-state index >= 15 is 0 Å². The van der Waals surface area contributed by atoms with Gasteiger partial charge >= 0.3 is 0 Å². The SMILES string of the molecule is O=C(N/N=C\c1cn(-c2ccccc2)nc1-c1ccc([N+](=O)[O-])cc1)c1cccs1. The van der Waals surface area contributed by atoms with Crippen LogP contribution in [0.5, 0.6) is 0 Å². The van der Waals surface area contributed by atoms with Crippen LogP contribution < -0.4 is 5.43 Å². The zero-order valence-corrected chi connectivity index (χ0v) is 16.3. The average molecular weight is 417 g/mol. The molecular formula is C21H15N5O3S. The molecule has 0 spiro atoms. The summed E-state index contributed by atoms with van der Waals surface area (Å²) in [6.07, 6.45) is 3.29. The van der Waals surface area contributed by atoms with Crippen molar-refractivity contribution in [3.8, 4) is 16.9 Å². The van der Waals surface area contributed by atoms with Gasteiger partial charge in [0.05, 0.1) is 21.7 Å². The summed E-state index contributed by atoms with van der Waals surface area (Å²) in [6, 6.07) is 19.2. The Hall–Kier alpha value is -4.11. The van der Waals surface area contributed by atoms with E-state index in [4.69, 9.17) is 0 Å². The Labute approximate surface area is 175 Å². The molecule has 4 aromatic rings. The number of nitro benzene ring substituents is 1. The van der Waals surface area contributed by atoms with Crippen molar-refractivity contribution >= 4 is 29.1 Å². The van der Waals surface area contributed by atoms with Gasteiger partial charge in [-0.1, -0.05) is 24.3 Å². The predicted molar refractivity (Wildman–Crippen MR) is 115 cm³/mol. The van der Waals surface area contributed by atoms with Gasteiger partial charge in [0.2, 0.25) is 0 Å². The first kappa shape index (κ1) is 19.2. The van der Waals surface area contributed by atoms with Gasteiger partial charge in [-0.05, 0) is 35.7 Å². The summed E-state index contributed by atoms with van der Waals surface area (Å²) < 4.78 is 1.69. The Bertz CT molecular complexity index is 1200. The van der Waals surface area contributed by atoms with E-state index in [2.05, 4.69) is 15.6 Å². The maximum atomic E-state index is 12.1. The summed E-state index contributed by atoms with van der Waals surface area (Å²) in [6.45, 7) is 0. The number of para-hydroxylation sites is 1. The highest BCUT2D eigenvalue weighted by atomic mass is 32.1. The van der Waals surface area contributed by atoms with Crippen LogP contribution in [-0.4, -0.2) is 26.8 Å². The Morgan fingerprint density at radius 3 is 2.53 bits per heavy atom. The van der Waals surface area contributed by atoms with Gasteiger partial charge in [-0.15, -0.1) is 11.3 Å². The minimum absolute atomic E-state index is 0.000305. The number of nitrogens with one attached hydrogen (secondary N) is 1. The van der Waals surface area contributed by atoms with E-state index in [0.29, 0.717) is 21.7 Å². The summed E-state index contributed by atoms with van der Waals surface area (Å²) >= 11 is 1.32. The van der Waals surface area contributed by atoms with Gasteiger partial charge < -0.3 is 0 Å². The van der Waals surface area contributed by atoms with Gasteiger partial charge in [0.15, 0.2) is 0 Å². The number of carbonyl (C=O) groups excluding carboxylic acids is 1. The Morgan fingerprint density at radius 2 is 1.87 bits per heavy atom. The van der Waals surface area contributed by atoms with Crippen LogP contribution >= 0.6 is 11.3 Å². The predicted octanol–water partition coefficient (Wildman–Crippen LogP) is 4.27. The third-order valence-corrected chi connectivity index (χ3v) is 5.10. The molecule has 0 aliphatic rings. The monoisotopic (exact) mass is 417 g/mol. The zero-order chi connectivity index (χ0) is 20.9. The summed E-state index contributed by atoms with van der Waals surface area (Å²) in [5.41, 5.74) is 5.28. The Balaban J connectivity index is 1.66. The van der Waals surface area contributed by atoms with Gasteiger partial charge in [-0.3, -0.25) is 14.9 Å². The average Bonchev–Trinajstić information content (AvgIpc) is 3.45. The van der Waals surface area contributed by atoms with Crippen molar-refractivity contribution < 1.29 is 9.72 Å². The van der Waals surface area contributed by atoms with Crippen molar-refractivity contribution in [3.63, 3.8) is 0 Å². The minimum Gasteiger partial charge on any atom is -0.266 e. The molecular weight excluding hydrogens is 402 g/mol. The summed E-state index contributed by atoms with van der Waals surface area (Å²) in [5, 5.41) is 21.4. The molecule has 1 amide bonds. The molecule has 0 atom stereocenters. The third kappa shape index (κ3) is 4.15. The van der Waals surface area contributed by atoms with E-state index in [-0.39, 0.29) is 11.6 Å². The number of rotatable bonds is 6. The van der Waals surface area contributed by atoms with Crippen LogP contribution in [0, 0.1) is 10.1 Å². The smallest absolute Gasteiger partial charge is 0.266 e. The molecule has 0 fully saturated rings. The van der Waals surface area contributed by atoms with Gasteiger partial charge in [0.25, 0.3) is 11.6 Å². The number of nitrogens with zero attached hydrogens (tertiary/aromatic N) is 4. The fraction of sp³-hybridized carbons (Fsp3) is 0. The number of carbonyl (C=O) groups is 1. The summed E-state index contributed by atoms with van der Waals surface area (Å²) in [5.74, 6) is -0.298. The molecule has 4 rings (SSSR count). The van der Waals surface area contributed by atoms with Gasteiger partial charge in [-0.2, -0.15) is 10.2 Å². The number of aromatic nitrogens is 2. The second kappa shape index (κ2) is 8.50. The van der Waals surface area contributed by atoms with Gasteiger partial charge in [0.1, 0.15) is 5.69 Å². The van der Waals surface area contributed by atoms with Crippen molar-refractivity contribution in [2.45, 2.75) is 0 Å². The zero-order valence-electron chi connectivity index (χ0n) is 15.5. The number of nitro groups is 1. The molecule has 0 unspecified atom stereocenters. The largest absolute Gasteiger partial charge is 0.281 e. The number of hydrazone groups is 1. The first-order valence-electron chi connectivity index (χ1n) is 8.88. The molecule has 9 heteroatoms. The molecule has 0 radical (unpaired) electrons. The normalized spacial score (nSPS) is 10.9. The fourth-order valence-corrected chi connectivity index (χ4v) is 3.40. The highest BCUT2D eigenvalue weighted by Gasteiger charge is 2.13. The van der Waals surface area contributed by atoms with E-state index in [1.165, 1.54) is 29.7 Å². The molecule has 148 valence electrons. The Morgan fingerprint density at radius 1 is 1.10 bits per heavy atom. The van der Waals surface area contributed by atoms with Crippen LogP contribution in [0.4, 0.5) is 5.69 Å². The van der Waals surface area contributed by atoms with Crippen molar-refractivity contribution in [2.24, 2.45) is 5.10 Å². The number of non-ortho nitro benzene ring substituents is 1. The number of thiophene rings is 1. The molecule has 2 heterocycles. The lowest BCUT2D eigenvalue weighted by Gasteiger charge is -2.00. The molecule has 0 saturated heterocycles. The van der Waals surface area contributed by atoms with Crippen LogP contribution in [-0.2, 0) is 0 Å². The maximum absolute atomic E-state index is 12.1. The second-order valence-corrected chi connectivity index (χ2v) is 7.14. The molecule has 8 nitrogen and oxygen atoms in total. The molecule has 2 aromatic heterocycles. The third-order valence-electron chi connectivity index (χ3n) is 4.23. The number of amides is 1. The topological polar surface area (TPSA) is 102 Å². The van der Waals surface area contributed by atoms with Crippen LogP contribution in [0.1, 0.15) is 15.2 Å². The molecule has 0 bridgehead atoms. The van der Waals surface area contributed by atoms with E-state index in [1.807, 2.05) is 35.7 Å². The van der Waals surface area contributed by atoms with Crippen molar-refractivity contribution in [2.75, 3.05) is 0 Å². The highest BCUT2D eigenvalue weighted by Crippen LogP contribution is 2.25. The van der Waals surface area contributed by atoms with Crippen molar-refractivity contribution in [3.05, 3.63) is 98.9 Å². The maximum Gasteiger partial charge on any atom is 0.281 e. The molecule has 30 heavy (non-hydrogen) atoms. The van der Waals surface area contributed by atoms with Crippen LogP contribution in [0.3, 0.4) is 0 Å². The summed E-state index contributed by atoms with van der Waals surface area (Å²) in [7, 11) is 0. The molecule has 0 aliphatic heterocycles. The van der Waals surface area contributed by atoms with Crippen molar-refractivity contribution in [1.82, 2.24) is 15.2 Å². The first-order valence-corrected chi connectivity index (χ1v) is 9.76. The number of benzene rings is 2. The standard InChI is InChI=1S/C21H15N5O3S/c27-21(19-7-4-12-30-19)23-22-13-16-14-25(17-5-2-1-3-6-17)24-20(16)15-8-10-18(11-9-15)26(28)29/h1-14H,(H,23,27)/b22-13-. The number of hydrogen-bond donors (Lipinski definition) is 1. The van der Waals surface area contributed by atoms with E-state index in [1.54, 1.807) is 35.1 Å². The highest BCUT2D eigenvalue weighted by molar-refractivity contribution is 7.12. The lowest BCUT2D eigenvalue weighted by atomic mass is 10.1. The van der Waals surface area contributed by atoms with Crippen LogP contribution in [0.15, 0.2) is 83.4 Å². The lowest BCUT2D eigenvalue weighted by molar-refractivity contribution is -0.384. The van der Waals surface area contributed by atoms with Gasteiger partial charge in [-0.25, -0.2) is 10.1 Å². The second-order valence-electron chi connectivity index (χ2n) is 6.19. The molecule has 2 aromatic carbocycles. The van der Waals surface area contributed by atoms with E-state index < -0.39 is 4.92 Å². The fourth-order valence-electron chi connectivity index (χ4n) is 2.78. The van der Waals surface area contributed by atoms with E-state index in [0.717, 1.165) is 5.69 Å². The summed E-state index contributed by atoms with van der Waals surface area (Å²) in [4.78, 5) is 23.1. The Kier molecular flexibility index (Phi) is 5.44. The van der Waals surface area contributed by atoms with Crippen LogP contribution in [0.25, 0.3) is 16.9 Å². The van der Waals surface area contributed by atoms with Gasteiger partial charge in [0, 0.05) is 29.5 Å². The number of hydrogen-bond acceptors (Lipinski definition) is 6. The first-order chi connectivity index (χ1) is 14.6. The lowest BCUT2D eigenvalue weighted by Crippen LogP contribution is -2.16. The van der Waals surface area contributed by atoms with Crippen molar-refractivity contribution in [1.29, 1.82) is 0 Å². The molecule has 1 N–H and O–H groups in total. The molecule has 0 saturated carbocycles. The quantitative estimate of drug-likeness (QED) is 0.287. The van der Waals surface area contributed by atoms with Crippen LogP contribution in [0.2, 0.25) is 0 Å².